The number of rotatable bonds is 6. The highest BCUT2D eigenvalue weighted by Gasteiger charge is 2.17. The van der Waals surface area contributed by atoms with Gasteiger partial charge in [0.2, 0.25) is 5.91 Å². The van der Waals surface area contributed by atoms with Crippen LogP contribution in [0.3, 0.4) is 0 Å². The Bertz CT molecular complexity index is 233. The summed E-state index contributed by atoms with van der Waals surface area (Å²) in [4.78, 5) is 11.8. The number of hydrogen-bond acceptors (Lipinski definition) is 3. The van der Waals surface area contributed by atoms with Gasteiger partial charge in [0.15, 0.2) is 0 Å². The lowest BCUT2D eigenvalue weighted by atomic mass is 10.0. The van der Waals surface area contributed by atoms with Crippen LogP contribution in [-0.4, -0.2) is 36.0 Å². The summed E-state index contributed by atoms with van der Waals surface area (Å²) in [6.07, 6.45) is 2.88. The monoisotopic (exact) mass is 294 g/mol. The van der Waals surface area contributed by atoms with Crippen LogP contribution in [0.5, 0.6) is 0 Å². The van der Waals surface area contributed by atoms with E-state index in [2.05, 4.69) is 31.4 Å². The largest absolute Gasteiger partial charge is 0.354 e. The Labute approximate surface area is 122 Å². The summed E-state index contributed by atoms with van der Waals surface area (Å²) in [5, 5.41) is 6.49. The molecule has 0 aromatic carbocycles. The highest BCUT2D eigenvalue weighted by Crippen LogP contribution is 2.11. The van der Waals surface area contributed by atoms with Crippen molar-refractivity contribution in [2.24, 2.45) is 5.92 Å². The minimum absolute atomic E-state index is 0. The lowest BCUT2D eigenvalue weighted by molar-refractivity contribution is -0.122. The average molecular weight is 295 g/mol. The van der Waals surface area contributed by atoms with Gasteiger partial charge in [0.05, 0.1) is 0 Å². The zero-order valence-corrected chi connectivity index (χ0v) is 13.3. The molecule has 1 saturated heterocycles. The van der Waals surface area contributed by atoms with Crippen LogP contribution in [0.25, 0.3) is 0 Å². The molecule has 1 heterocycles. The highest BCUT2D eigenvalue weighted by atomic mass is 35.5. The predicted molar refractivity (Wildman–Crippen MR) is 82.7 cm³/mol. The van der Waals surface area contributed by atoms with Crippen LogP contribution in [0, 0.1) is 5.92 Å². The molecule has 0 aromatic heterocycles. The first-order valence-electron chi connectivity index (χ1n) is 6.68. The zero-order chi connectivity index (χ0) is 12.7. The van der Waals surface area contributed by atoms with E-state index in [4.69, 9.17) is 0 Å². The zero-order valence-electron chi connectivity index (χ0n) is 11.7. The number of halogens is 1. The molecule has 2 atom stereocenters. The number of hydrogen-bond donors (Lipinski definition) is 2. The maximum Gasteiger partial charge on any atom is 0.221 e. The van der Waals surface area contributed by atoms with E-state index in [1.165, 1.54) is 12.2 Å². The molecule has 0 spiro atoms. The Morgan fingerprint density at radius 2 is 2.11 bits per heavy atom. The fourth-order valence-electron chi connectivity index (χ4n) is 1.96. The smallest absolute Gasteiger partial charge is 0.221 e. The van der Waals surface area contributed by atoms with E-state index in [0.29, 0.717) is 24.4 Å². The molecule has 1 rings (SSSR count). The van der Waals surface area contributed by atoms with E-state index in [1.807, 2.05) is 11.8 Å². The van der Waals surface area contributed by atoms with Gasteiger partial charge in [-0.3, -0.25) is 4.79 Å². The molecule has 108 valence electrons. The van der Waals surface area contributed by atoms with Crippen LogP contribution >= 0.6 is 24.2 Å². The molecule has 1 amide bonds. The number of carbonyl (C=O) groups is 1. The summed E-state index contributed by atoms with van der Waals surface area (Å²) >= 11 is 1.94. The quantitative estimate of drug-likeness (QED) is 0.791. The fraction of sp³-hybridized carbons (Fsp3) is 0.923. The molecule has 2 N–H and O–H groups in total. The van der Waals surface area contributed by atoms with Gasteiger partial charge in [0.25, 0.3) is 0 Å². The number of amides is 1. The Hall–Kier alpha value is 0.0700. The second-order valence-corrected chi connectivity index (χ2v) is 6.52. The minimum atomic E-state index is 0. The third kappa shape index (κ3) is 8.22. The molecule has 18 heavy (non-hydrogen) atoms. The van der Waals surface area contributed by atoms with Crippen molar-refractivity contribution in [1.29, 1.82) is 0 Å². The van der Waals surface area contributed by atoms with E-state index >= 15 is 0 Å². The van der Waals surface area contributed by atoms with E-state index in [9.17, 15) is 4.79 Å². The summed E-state index contributed by atoms with van der Waals surface area (Å²) in [5.74, 6) is 3.14. The molecular formula is C13H27ClN2OS. The van der Waals surface area contributed by atoms with Gasteiger partial charge in [-0.2, -0.15) is 11.8 Å². The fourth-order valence-corrected chi connectivity index (χ4v) is 2.91. The molecule has 0 aromatic rings. The minimum Gasteiger partial charge on any atom is -0.354 e. The van der Waals surface area contributed by atoms with Gasteiger partial charge >= 0.3 is 0 Å². The summed E-state index contributed by atoms with van der Waals surface area (Å²) in [6.45, 7) is 7.57. The van der Waals surface area contributed by atoms with Crippen LogP contribution in [-0.2, 0) is 4.79 Å². The molecule has 3 nitrogen and oxygen atoms in total. The van der Waals surface area contributed by atoms with Gasteiger partial charge in [-0.25, -0.2) is 0 Å². The summed E-state index contributed by atoms with van der Waals surface area (Å²) in [6, 6.07) is 0.673. The molecule has 1 aliphatic heterocycles. The van der Waals surface area contributed by atoms with Gasteiger partial charge in [-0.05, 0) is 25.7 Å². The number of carbonyl (C=O) groups excluding carboxylic acids is 1. The Balaban J connectivity index is 0.00000289. The third-order valence-electron chi connectivity index (χ3n) is 3.01. The second-order valence-electron chi connectivity index (χ2n) is 5.37. The van der Waals surface area contributed by atoms with Gasteiger partial charge in [0.1, 0.15) is 0 Å². The first-order valence-corrected chi connectivity index (χ1v) is 7.84. The predicted octanol–water partition coefficient (Wildman–Crippen LogP) is 2.44. The van der Waals surface area contributed by atoms with Gasteiger partial charge in [0, 0.05) is 36.6 Å². The topological polar surface area (TPSA) is 41.1 Å². The third-order valence-corrected chi connectivity index (χ3v) is 4.15. The molecule has 0 saturated carbocycles. The maximum atomic E-state index is 11.8. The van der Waals surface area contributed by atoms with Gasteiger partial charge in [-0.15, -0.1) is 12.4 Å². The van der Waals surface area contributed by atoms with Crippen LogP contribution in [0.1, 0.15) is 40.0 Å². The number of thioether (sulfide) groups is 1. The Morgan fingerprint density at radius 1 is 1.39 bits per heavy atom. The van der Waals surface area contributed by atoms with Crippen molar-refractivity contribution in [3.63, 3.8) is 0 Å². The van der Waals surface area contributed by atoms with Crippen LogP contribution < -0.4 is 10.6 Å². The van der Waals surface area contributed by atoms with Crippen molar-refractivity contribution in [3.05, 3.63) is 0 Å². The molecular weight excluding hydrogens is 268 g/mol. The molecule has 0 bridgehead atoms. The average Bonchev–Trinajstić information content (AvgIpc) is 2.27. The van der Waals surface area contributed by atoms with Crippen molar-refractivity contribution in [1.82, 2.24) is 10.6 Å². The summed E-state index contributed by atoms with van der Waals surface area (Å²) in [7, 11) is 0. The van der Waals surface area contributed by atoms with Crippen molar-refractivity contribution < 1.29 is 4.79 Å². The molecule has 1 aliphatic rings. The van der Waals surface area contributed by atoms with Crippen LogP contribution in [0.2, 0.25) is 0 Å². The van der Waals surface area contributed by atoms with Crippen molar-refractivity contribution in [2.45, 2.75) is 52.1 Å². The standard InChI is InChI=1S/C13H26N2OS.ClH/c1-10(2)4-5-11(3)15-13(16)8-12-9-17-7-6-14-12;/h10-12,14H,4-9H2,1-3H3,(H,15,16);1H. The second kappa shape index (κ2) is 9.93. The van der Waals surface area contributed by atoms with Crippen molar-refractivity contribution in [3.8, 4) is 0 Å². The molecule has 1 fully saturated rings. The van der Waals surface area contributed by atoms with E-state index in [0.717, 1.165) is 18.7 Å². The van der Waals surface area contributed by atoms with E-state index < -0.39 is 0 Å². The molecule has 0 aliphatic carbocycles. The van der Waals surface area contributed by atoms with Gasteiger partial charge in [-0.1, -0.05) is 13.8 Å². The molecule has 5 heteroatoms. The SMILES string of the molecule is CC(C)CCC(C)NC(=O)CC1CSCCN1.Cl. The lowest BCUT2D eigenvalue weighted by Crippen LogP contribution is -2.43. The van der Waals surface area contributed by atoms with Crippen molar-refractivity contribution >= 4 is 30.1 Å². The molecule has 2 unspecified atom stereocenters. The summed E-state index contributed by atoms with van der Waals surface area (Å²) in [5.41, 5.74) is 0. The molecule has 0 radical (unpaired) electrons. The Morgan fingerprint density at radius 3 is 2.67 bits per heavy atom. The summed E-state index contributed by atoms with van der Waals surface area (Å²) < 4.78 is 0. The van der Waals surface area contributed by atoms with E-state index in [1.54, 1.807) is 0 Å². The lowest BCUT2D eigenvalue weighted by Gasteiger charge is -2.23. The van der Waals surface area contributed by atoms with Crippen LogP contribution in [0.15, 0.2) is 0 Å². The Kier molecular flexibility index (Phi) is 9.97. The number of nitrogens with one attached hydrogen (secondary N) is 2. The first-order chi connectivity index (χ1) is 8.08. The first kappa shape index (κ1) is 18.1. The highest BCUT2D eigenvalue weighted by molar-refractivity contribution is 7.99. The van der Waals surface area contributed by atoms with Crippen LogP contribution in [0.4, 0.5) is 0 Å². The normalized spacial score (nSPS) is 21.2. The maximum absolute atomic E-state index is 11.8. The van der Waals surface area contributed by atoms with E-state index in [-0.39, 0.29) is 18.3 Å². The van der Waals surface area contributed by atoms with Crippen molar-refractivity contribution in [2.75, 3.05) is 18.1 Å². The van der Waals surface area contributed by atoms with Gasteiger partial charge < -0.3 is 10.6 Å².